The monoisotopic (exact) mass is 272 g/mol. The van der Waals surface area contributed by atoms with Gasteiger partial charge in [-0.15, -0.1) is 0 Å². The third kappa shape index (κ3) is 5.19. The minimum Gasteiger partial charge on any atom is -0.384 e. The van der Waals surface area contributed by atoms with Crippen molar-refractivity contribution in [2.45, 2.75) is 38.5 Å². The van der Waals surface area contributed by atoms with Gasteiger partial charge in [-0.1, -0.05) is 39.8 Å². The highest BCUT2D eigenvalue weighted by molar-refractivity contribution is 7.91. The van der Waals surface area contributed by atoms with E-state index in [4.69, 9.17) is 4.74 Å². The van der Waals surface area contributed by atoms with Crippen LogP contribution in [0.2, 0.25) is 0 Å². The second-order valence-electron chi connectivity index (χ2n) is 4.04. The van der Waals surface area contributed by atoms with Gasteiger partial charge in [0, 0.05) is 7.11 Å². The maximum atomic E-state index is 11.8. The van der Waals surface area contributed by atoms with E-state index in [-0.39, 0.29) is 12.4 Å². The maximum Gasteiger partial charge on any atom is 0.180 e. The van der Waals surface area contributed by atoms with Crippen LogP contribution in [-0.4, -0.2) is 27.9 Å². The Labute approximate surface area is 111 Å². The van der Waals surface area contributed by atoms with Crippen LogP contribution in [0.1, 0.15) is 39.2 Å². The Morgan fingerprint density at radius 3 is 2.00 bits per heavy atom. The van der Waals surface area contributed by atoms with Gasteiger partial charge >= 0.3 is 0 Å². The Balaban J connectivity index is 0.00000137. The summed E-state index contributed by atoms with van der Waals surface area (Å²) in [6.45, 7) is 8.39. The highest BCUT2D eigenvalue weighted by Gasteiger charge is 2.13. The molecule has 0 aliphatic rings. The smallest absolute Gasteiger partial charge is 0.180 e. The van der Waals surface area contributed by atoms with Gasteiger partial charge in [0.1, 0.15) is 0 Å². The van der Waals surface area contributed by atoms with Crippen molar-refractivity contribution in [2.24, 2.45) is 0 Å². The number of hydrogen-bond acceptors (Lipinski definition) is 3. The van der Waals surface area contributed by atoms with E-state index in [0.29, 0.717) is 10.8 Å². The molecule has 18 heavy (non-hydrogen) atoms. The van der Waals surface area contributed by atoms with Crippen LogP contribution in [0.3, 0.4) is 0 Å². The zero-order chi connectivity index (χ0) is 14.2. The molecular formula is C14H24O3S. The standard InChI is InChI=1S/C12H18O3S.C2H6/c1-10(2)11-4-6-12(7-5-11)16(13,14)9-8-15-3;1-2/h4-7,10H,8-9H2,1-3H3;1-2H3. The zero-order valence-electron chi connectivity index (χ0n) is 11.9. The molecule has 0 aromatic heterocycles. The largest absolute Gasteiger partial charge is 0.384 e. The minimum absolute atomic E-state index is 0.0323. The number of hydrogen-bond donors (Lipinski definition) is 0. The lowest BCUT2D eigenvalue weighted by atomic mass is 10.0. The first-order chi connectivity index (χ1) is 8.47. The van der Waals surface area contributed by atoms with Gasteiger partial charge in [0.2, 0.25) is 0 Å². The molecule has 0 saturated carbocycles. The molecule has 1 rings (SSSR count). The van der Waals surface area contributed by atoms with E-state index in [1.807, 2.05) is 26.0 Å². The second kappa shape index (κ2) is 8.27. The predicted octanol–water partition coefficient (Wildman–Crippen LogP) is 3.26. The quantitative estimate of drug-likeness (QED) is 0.826. The topological polar surface area (TPSA) is 43.4 Å². The van der Waals surface area contributed by atoms with E-state index in [9.17, 15) is 8.42 Å². The molecule has 3 nitrogen and oxygen atoms in total. The van der Waals surface area contributed by atoms with Gasteiger partial charge < -0.3 is 4.74 Å². The lowest BCUT2D eigenvalue weighted by Crippen LogP contribution is -2.11. The van der Waals surface area contributed by atoms with E-state index in [2.05, 4.69) is 13.8 Å². The van der Waals surface area contributed by atoms with Crippen molar-refractivity contribution in [3.8, 4) is 0 Å². The molecule has 0 unspecified atom stereocenters. The average Bonchev–Trinajstić information content (AvgIpc) is 2.39. The molecule has 0 bridgehead atoms. The first kappa shape index (κ1) is 17.1. The van der Waals surface area contributed by atoms with Gasteiger partial charge in [0.25, 0.3) is 0 Å². The molecule has 104 valence electrons. The van der Waals surface area contributed by atoms with E-state index in [0.717, 1.165) is 5.56 Å². The van der Waals surface area contributed by atoms with Crippen molar-refractivity contribution in [2.75, 3.05) is 19.5 Å². The summed E-state index contributed by atoms with van der Waals surface area (Å²) in [5, 5.41) is 0. The van der Waals surface area contributed by atoms with E-state index in [1.165, 1.54) is 7.11 Å². The third-order valence-corrected chi connectivity index (χ3v) is 4.16. The summed E-state index contributed by atoms with van der Waals surface area (Å²) in [6, 6.07) is 7.06. The van der Waals surface area contributed by atoms with Gasteiger partial charge in [-0.25, -0.2) is 8.42 Å². The summed E-state index contributed by atoms with van der Waals surface area (Å²) < 4.78 is 28.4. The van der Waals surface area contributed by atoms with Crippen LogP contribution in [-0.2, 0) is 14.6 Å². The molecule has 0 heterocycles. The molecule has 4 heteroatoms. The summed E-state index contributed by atoms with van der Waals surface area (Å²) in [5.41, 5.74) is 1.14. The number of sulfone groups is 1. The molecule has 0 saturated heterocycles. The molecule has 0 amide bonds. The third-order valence-electron chi connectivity index (χ3n) is 2.46. The predicted molar refractivity (Wildman–Crippen MR) is 75.8 cm³/mol. The number of benzene rings is 1. The van der Waals surface area contributed by atoms with Crippen molar-refractivity contribution in [3.63, 3.8) is 0 Å². The molecule has 0 atom stereocenters. The summed E-state index contributed by atoms with van der Waals surface area (Å²) in [5.74, 6) is 0.445. The summed E-state index contributed by atoms with van der Waals surface area (Å²) >= 11 is 0. The van der Waals surface area contributed by atoms with E-state index in [1.54, 1.807) is 12.1 Å². The Bertz CT molecular complexity index is 419. The molecule has 1 aromatic rings. The lowest BCUT2D eigenvalue weighted by molar-refractivity contribution is 0.217. The molecule has 0 fully saturated rings. The van der Waals surface area contributed by atoms with Crippen molar-refractivity contribution in [3.05, 3.63) is 29.8 Å². The van der Waals surface area contributed by atoms with E-state index < -0.39 is 9.84 Å². The van der Waals surface area contributed by atoms with Crippen molar-refractivity contribution in [1.82, 2.24) is 0 Å². The fourth-order valence-corrected chi connectivity index (χ4v) is 2.54. The Morgan fingerprint density at radius 2 is 1.61 bits per heavy atom. The highest BCUT2D eigenvalue weighted by Crippen LogP contribution is 2.18. The van der Waals surface area contributed by atoms with Gasteiger partial charge in [0.05, 0.1) is 17.3 Å². The van der Waals surface area contributed by atoms with Crippen LogP contribution in [0, 0.1) is 0 Å². The lowest BCUT2D eigenvalue weighted by Gasteiger charge is -2.07. The molecule has 0 N–H and O–H groups in total. The maximum absolute atomic E-state index is 11.8. The number of rotatable bonds is 5. The number of ether oxygens (including phenoxy) is 1. The van der Waals surface area contributed by atoms with Crippen molar-refractivity contribution < 1.29 is 13.2 Å². The summed E-state index contributed by atoms with van der Waals surface area (Å²) in [7, 11) is -1.69. The molecular weight excluding hydrogens is 248 g/mol. The van der Waals surface area contributed by atoms with Gasteiger partial charge in [0.15, 0.2) is 9.84 Å². The number of methoxy groups -OCH3 is 1. The van der Waals surface area contributed by atoms with Gasteiger partial charge in [-0.05, 0) is 23.6 Å². The molecule has 0 radical (unpaired) electrons. The zero-order valence-corrected chi connectivity index (χ0v) is 12.8. The van der Waals surface area contributed by atoms with Crippen molar-refractivity contribution >= 4 is 9.84 Å². The van der Waals surface area contributed by atoms with Crippen LogP contribution in [0.5, 0.6) is 0 Å². The Hall–Kier alpha value is -0.870. The van der Waals surface area contributed by atoms with Crippen LogP contribution in [0.4, 0.5) is 0 Å². The van der Waals surface area contributed by atoms with Crippen LogP contribution in [0.25, 0.3) is 0 Å². The highest BCUT2D eigenvalue weighted by atomic mass is 32.2. The van der Waals surface area contributed by atoms with Gasteiger partial charge in [-0.2, -0.15) is 0 Å². The normalized spacial score (nSPS) is 11.0. The molecule has 1 aromatic carbocycles. The summed E-state index contributed by atoms with van der Waals surface area (Å²) in [4.78, 5) is 0.369. The molecule has 0 aliphatic heterocycles. The van der Waals surface area contributed by atoms with Crippen LogP contribution >= 0.6 is 0 Å². The first-order valence-electron chi connectivity index (χ1n) is 6.29. The van der Waals surface area contributed by atoms with Gasteiger partial charge in [-0.3, -0.25) is 0 Å². The molecule has 0 aliphatic carbocycles. The SMILES string of the molecule is CC.COCCS(=O)(=O)c1ccc(C(C)C)cc1. The minimum atomic E-state index is -3.19. The summed E-state index contributed by atoms with van der Waals surface area (Å²) in [6.07, 6.45) is 0. The fraction of sp³-hybridized carbons (Fsp3) is 0.571. The first-order valence-corrected chi connectivity index (χ1v) is 7.94. The Kier molecular flexibility index (Phi) is 7.87. The average molecular weight is 272 g/mol. The molecule has 0 spiro atoms. The fourth-order valence-electron chi connectivity index (χ4n) is 1.37. The second-order valence-corrected chi connectivity index (χ2v) is 6.14. The Morgan fingerprint density at radius 1 is 1.11 bits per heavy atom. The van der Waals surface area contributed by atoms with Crippen LogP contribution in [0.15, 0.2) is 29.2 Å². The van der Waals surface area contributed by atoms with Crippen molar-refractivity contribution in [1.29, 1.82) is 0 Å². The van der Waals surface area contributed by atoms with Crippen LogP contribution < -0.4 is 0 Å². The van der Waals surface area contributed by atoms with E-state index >= 15 is 0 Å².